The second kappa shape index (κ2) is 8.39. The van der Waals surface area contributed by atoms with Crippen molar-refractivity contribution in [3.8, 4) is 0 Å². The Morgan fingerprint density at radius 3 is 2.52 bits per heavy atom. The molecule has 2 amide bonds. The van der Waals surface area contributed by atoms with Gasteiger partial charge in [0.2, 0.25) is 11.8 Å². The van der Waals surface area contributed by atoms with Gasteiger partial charge in [-0.15, -0.1) is 11.3 Å². The van der Waals surface area contributed by atoms with Crippen LogP contribution in [-0.2, 0) is 16.0 Å². The summed E-state index contributed by atoms with van der Waals surface area (Å²) in [5.74, 6) is -0.352. The highest BCUT2D eigenvalue weighted by molar-refractivity contribution is 7.18. The number of carbonyl (C=O) groups is 2. The summed E-state index contributed by atoms with van der Waals surface area (Å²) in [5, 5.41) is 6.42. The summed E-state index contributed by atoms with van der Waals surface area (Å²) in [7, 11) is 0. The van der Waals surface area contributed by atoms with Crippen molar-refractivity contribution < 1.29 is 9.59 Å². The number of aromatic nitrogens is 1. The Morgan fingerprint density at radius 2 is 1.72 bits per heavy atom. The van der Waals surface area contributed by atoms with Crippen LogP contribution in [0.5, 0.6) is 0 Å². The fourth-order valence-electron chi connectivity index (χ4n) is 2.42. The molecule has 3 aromatic rings. The molecule has 3 rings (SSSR count). The Bertz CT molecular complexity index is 828. The number of hydrogen-bond donors (Lipinski definition) is 2. The van der Waals surface area contributed by atoms with E-state index in [1.807, 2.05) is 36.4 Å². The standard InChI is InChI=1S/C19H19N3O2S/c23-17(20-13-18(24)21-14-7-2-1-3-8-14)11-6-12-19-22-15-9-4-5-10-16(15)25-19/h1-5,7-10H,6,11-13H2,(H,20,23)(H,21,24). The fourth-order valence-corrected chi connectivity index (χ4v) is 3.43. The van der Waals surface area contributed by atoms with Crippen molar-refractivity contribution in [3.63, 3.8) is 0 Å². The van der Waals surface area contributed by atoms with E-state index in [4.69, 9.17) is 0 Å². The highest BCUT2D eigenvalue weighted by Gasteiger charge is 2.07. The molecule has 2 N–H and O–H groups in total. The molecule has 25 heavy (non-hydrogen) atoms. The molecular formula is C19H19N3O2S. The van der Waals surface area contributed by atoms with Crippen LogP contribution in [0, 0.1) is 0 Å². The first-order chi connectivity index (χ1) is 12.2. The second-order valence-corrected chi connectivity index (χ2v) is 6.74. The molecule has 0 aliphatic carbocycles. The Hall–Kier alpha value is -2.73. The van der Waals surface area contributed by atoms with E-state index >= 15 is 0 Å². The van der Waals surface area contributed by atoms with Crippen LogP contribution >= 0.6 is 11.3 Å². The van der Waals surface area contributed by atoms with Crippen molar-refractivity contribution in [2.75, 3.05) is 11.9 Å². The summed E-state index contributed by atoms with van der Waals surface area (Å²) >= 11 is 1.66. The minimum Gasteiger partial charge on any atom is -0.347 e. The van der Waals surface area contributed by atoms with E-state index in [2.05, 4.69) is 21.7 Å². The Labute approximate surface area is 150 Å². The van der Waals surface area contributed by atoms with Gasteiger partial charge in [-0.1, -0.05) is 30.3 Å². The highest BCUT2D eigenvalue weighted by atomic mass is 32.1. The third-order valence-electron chi connectivity index (χ3n) is 3.64. The van der Waals surface area contributed by atoms with Crippen LogP contribution in [0.3, 0.4) is 0 Å². The maximum absolute atomic E-state index is 11.9. The number of amides is 2. The van der Waals surface area contributed by atoms with Gasteiger partial charge in [0.15, 0.2) is 0 Å². The first kappa shape index (κ1) is 17.1. The molecular weight excluding hydrogens is 334 g/mol. The van der Waals surface area contributed by atoms with Crippen LogP contribution in [0.25, 0.3) is 10.2 Å². The summed E-state index contributed by atoms with van der Waals surface area (Å²) in [4.78, 5) is 28.2. The zero-order chi connectivity index (χ0) is 17.5. The van der Waals surface area contributed by atoms with Gasteiger partial charge in [0.1, 0.15) is 0 Å². The molecule has 0 bridgehead atoms. The smallest absolute Gasteiger partial charge is 0.243 e. The van der Waals surface area contributed by atoms with Crippen LogP contribution in [0.1, 0.15) is 17.8 Å². The monoisotopic (exact) mass is 353 g/mol. The second-order valence-electron chi connectivity index (χ2n) is 5.62. The highest BCUT2D eigenvalue weighted by Crippen LogP contribution is 2.22. The summed E-state index contributed by atoms with van der Waals surface area (Å²) in [5.41, 5.74) is 1.72. The number of hydrogen-bond acceptors (Lipinski definition) is 4. The predicted molar refractivity (Wildman–Crippen MR) is 101 cm³/mol. The molecule has 0 radical (unpaired) electrons. The molecule has 2 aromatic carbocycles. The molecule has 0 saturated carbocycles. The molecule has 5 nitrogen and oxygen atoms in total. The predicted octanol–water partition coefficient (Wildman–Crippen LogP) is 3.37. The minimum atomic E-state index is -0.231. The largest absolute Gasteiger partial charge is 0.347 e. The molecule has 1 heterocycles. The van der Waals surface area contributed by atoms with E-state index in [0.29, 0.717) is 12.8 Å². The van der Waals surface area contributed by atoms with Crippen molar-refractivity contribution in [2.24, 2.45) is 0 Å². The van der Waals surface area contributed by atoms with Gasteiger partial charge in [0.25, 0.3) is 0 Å². The van der Waals surface area contributed by atoms with Crippen molar-refractivity contribution >= 4 is 39.1 Å². The molecule has 6 heteroatoms. The van der Waals surface area contributed by atoms with Crippen LogP contribution in [0.2, 0.25) is 0 Å². The SMILES string of the molecule is O=C(CCCc1nc2ccccc2s1)NCC(=O)Nc1ccccc1. The lowest BCUT2D eigenvalue weighted by atomic mass is 10.2. The van der Waals surface area contributed by atoms with E-state index < -0.39 is 0 Å². The Balaban J connectivity index is 1.37. The molecule has 128 valence electrons. The quantitative estimate of drug-likeness (QED) is 0.684. The van der Waals surface area contributed by atoms with Gasteiger partial charge in [-0.2, -0.15) is 0 Å². The van der Waals surface area contributed by atoms with Crippen molar-refractivity contribution in [1.29, 1.82) is 0 Å². The third kappa shape index (κ3) is 5.12. The number of carbonyl (C=O) groups excluding carboxylic acids is 2. The van der Waals surface area contributed by atoms with Gasteiger partial charge in [0, 0.05) is 12.1 Å². The zero-order valence-electron chi connectivity index (χ0n) is 13.7. The number of fused-ring (bicyclic) bond motifs is 1. The Morgan fingerprint density at radius 1 is 0.960 bits per heavy atom. The lowest BCUT2D eigenvalue weighted by Crippen LogP contribution is -2.32. The number of aryl methyl sites for hydroxylation is 1. The van der Waals surface area contributed by atoms with Crippen LogP contribution in [0.4, 0.5) is 5.69 Å². The minimum absolute atomic E-state index is 0.0190. The fraction of sp³-hybridized carbons (Fsp3) is 0.211. The summed E-state index contributed by atoms with van der Waals surface area (Å²) < 4.78 is 1.17. The van der Waals surface area contributed by atoms with Crippen LogP contribution < -0.4 is 10.6 Å². The molecule has 0 unspecified atom stereocenters. The van der Waals surface area contributed by atoms with Crippen LogP contribution in [0.15, 0.2) is 54.6 Å². The average molecular weight is 353 g/mol. The molecule has 0 aliphatic heterocycles. The topological polar surface area (TPSA) is 71.1 Å². The summed E-state index contributed by atoms with van der Waals surface area (Å²) in [6, 6.07) is 17.2. The number of thiazole rings is 1. The van der Waals surface area contributed by atoms with E-state index in [1.165, 1.54) is 4.70 Å². The van der Waals surface area contributed by atoms with Crippen molar-refractivity contribution in [1.82, 2.24) is 10.3 Å². The molecule has 0 spiro atoms. The van der Waals surface area contributed by atoms with Gasteiger partial charge in [-0.25, -0.2) is 4.98 Å². The average Bonchev–Trinajstić information content (AvgIpc) is 3.03. The van der Waals surface area contributed by atoms with Crippen molar-refractivity contribution in [2.45, 2.75) is 19.3 Å². The molecule has 0 saturated heterocycles. The van der Waals surface area contributed by atoms with Crippen LogP contribution in [-0.4, -0.2) is 23.3 Å². The first-order valence-electron chi connectivity index (χ1n) is 8.17. The molecule has 0 atom stereocenters. The van der Waals surface area contributed by atoms with Gasteiger partial charge in [-0.3, -0.25) is 9.59 Å². The van der Waals surface area contributed by atoms with Gasteiger partial charge in [-0.05, 0) is 37.1 Å². The summed E-state index contributed by atoms with van der Waals surface area (Å²) in [6.45, 7) is -0.0190. The molecule has 0 fully saturated rings. The van der Waals surface area contributed by atoms with Gasteiger partial charge >= 0.3 is 0 Å². The third-order valence-corrected chi connectivity index (χ3v) is 4.73. The zero-order valence-corrected chi connectivity index (χ0v) is 14.5. The number of nitrogens with one attached hydrogen (secondary N) is 2. The maximum Gasteiger partial charge on any atom is 0.243 e. The summed E-state index contributed by atoms with van der Waals surface area (Å²) in [6.07, 6.45) is 1.86. The number of nitrogens with zero attached hydrogens (tertiary/aromatic N) is 1. The van der Waals surface area contributed by atoms with Gasteiger partial charge in [0.05, 0.1) is 21.8 Å². The first-order valence-corrected chi connectivity index (χ1v) is 8.98. The van der Waals surface area contributed by atoms with Crippen molar-refractivity contribution in [3.05, 3.63) is 59.6 Å². The van der Waals surface area contributed by atoms with E-state index in [1.54, 1.807) is 23.5 Å². The van der Waals surface area contributed by atoms with E-state index in [9.17, 15) is 9.59 Å². The Kier molecular flexibility index (Phi) is 5.74. The van der Waals surface area contributed by atoms with E-state index in [0.717, 1.165) is 22.6 Å². The molecule has 1 aromatic heterocycles. The van der Waals surface area contributed by atoms with Gasteiger partial charge < -0.3 is 10.6 Å². The maximum atomic E-state index is 11.9. The molecule has 0 aliphatic rings. The normalized spacial score (nSPS) is 10.6. The number of benzene rings is 2. The number of anilines is 1. The number of para-hydroxylation sites is 2. The lowest BCUT2D eigenvalue weighted by molar-refractivity contribution is -0.124. The van der Waals surface area contributed by atoms with E-state index in [-0.39, 0.29) is 18.4 Å². The lowest BCUT2D eigenvalue weighted by Gasteiger charge is -2.06. The number of rotatable bonds is 7.